The number of amides is 2. The molecule has 0 radical (unpaired) electrons. The maximum atomic E-state index is 11.9. The Morgan fingerprint density at radius 2 is 1.54 bits per heavy atom. The van der Waals surface area contributed by atoms with Crippen LogP contribution in [0.25, 0.3) is 0 Å². The molecule has 0 unspecified atom stereocenters. The average molecular weight is 385 g/mol. The second-order valence-corrected chi connectivity index (χ2v) is 5.92. The highest BCUT2D eigenvalue weighted by molar-refractivity contribution is 6.40. The molecule has 0 aliphatic rings. The summed E-state index contributed by atoms with van der Waals surface area (Å²) in [5.74, 6) is -1.81. The van der Waals surface area contributed by atoms with E-state index in [4.69, 9.17) is 34.8 Å². The first kappa shape index (κ1) is 18.3. The lowest BCUT2D eigenvalue weighted by molar-refractivity contribution is -0.136. The highest BCUT2D eigenvalue weighted by atomic mass is 35.5. The van der Waals surface area contributed by atoms with Crippen molar-refractivity contribution < 1.29 is 9.59 Å². The van der Waals surface area contributed by atoms with Crippen molar-refractivity contribution in [1.29, 1.82) is 0 Å². The van der Waals surface area contributed by atoms with Gasteiger partial charge in [0.15, 0.2) is 0 Å². The molecular formula is C16H12Cl3N3O2. The molecule has 2 aromatic carbocycles. The van der Waals surface area contributed by atoms with Crippen molar-refractivity contribution in [3.63, 3.8) is 0 Å². The lowest BCUT2D eigenvalue weighted by Crippen LogP contribution is -2.32. The van der Waals surface area contributed by atoms with Crippen molar-refractivity contribution in [3.05, 3.63) is 62.6 Å². The summed E-state index contributed by atoms with van der Waals surface area (Å²) in [6.07, 6.45) is 1.26. The minimum absolute atomic E-state index is 0.375. The standard InChI is InChI=1S/C16H12Cl3N3O2/c1-9-11(17)4-3-7-14(9)21-15(23)16(24)22-20-8-10-12(18)5-2-6-13(10)19/h2-8H,1H3,(H,21,23)(H,22,24)/b20-8-. The minimum atomic E-state index is -0.936. The van der Waals surface area contributed by atoms with Crippen LogP contribution in [0.3, 0.4) is 0 Å². The summed E-state index contributed by atoms with van der Waals surface area (Å²) in [7, 11) is 0. The van der Waals surface area contributed by atoms with E-state index in [0.29, 0.717) is 31.9 Å². The second kappa shape index (κ2) is 8.15. The molecule has 124 valence electrons. The van der Waals surface area contributed by atoms with Crippen LogP contribution < -0.4 is 10.7 Å². The van der Waals surface area contributed by atoms with Gasteiger partial charge in [0.05, 0.1) is 16.3 Å². The van der Waals surface area contributed by atoms with Crippen molar-refractivity contribution in [3.8, 4) is 0 Å². The lowest BCUT2D eigenvalue weighted by Gasteiger charge is -2.08. The smallest absolute Gasteiger partial charge is 0.317 e. The lowest BCUT2D eigenvalue weighted by atomic mass is 10.2. The monoisotopic (exact) mass is 383 g/mol. The molecule has 0 bridgehead atoms. The summed E-state index contributed by atoms with van der Waals surface area (Å²) in [6.45, 7) is 1.73. The first-order chi connectivity index (χ1) is 11.4. The molecule has 0 heterocycles. The van der Waals surface area contributed by atoms with E-state index in [2.05, 4.69) is 15.8 Å². The van der Waals surface area contributed by atoms with Gasteiger partial charge in [0, 0.05) is 16.3 Å². The normalized spacial score (nSPS) is 10.7. The number of carbonyl (C=O) groups excluding carboxylic acids is 2. The number of hydrazone groups is 1. The Morgan fingerprint density at radius 3 is 2.21 bits per heavy atom. The van der Waals surface area contributed by atoms with Crippen molar-refractivity contribution >= 4 is 58.5 Å². The highest BCUT2D eigenvalue weighted by Crippen LogP contribution is 2.23. The summed E-state index contributed by atoms with van der Waals surface area (Å²) in [5, 5.41) is 7.38. The van der Waals surface area contributed by atoms with Gasteiger partial charge in [-0.15, -0.1) is 0 Å². The summed E-state index contributed by atoms with van der Waals surface area (Å²) in [4.78, 5) is 23.6. The number of anilines is 1. The van der Waals surface area contributed by atoms with Crippen LogP contribution in [0.15, 0.2) is 41.5 Å². The Morgan fingerprint density at radius 1 is 0.958 bits per heavy atom. The molecule has 0 aromatic heterocycles. The number of nitrogens with one attached hydrogen (secondary N) is 2. The van der Waals surface area contributed by atoms with Gasteiger partial charge in [0.25, 0.3) is 0 Å². The van der Waals surface area contributed by atoms with Gasteiger partial charge in [-0.05, 0) is 36.8 Å². The number of rotatable bonds is 3. The molecule has 8 heteroatoms. The van der Waals surface area contributed by atoms with Gasteiger partial charge in [-0.2, -0.15) is 5.10 Å². The number of benzene rings is 2. The van der Waals surface area contributed by atoms with E-state index in [1.807, 2.05) is 0 Å². The van der Waals surface area contributed by atoms with Crippen LogP contribution in [0, 0.1) is 6.92 Å². The fourth-order valence-electron chi connectivity index (χ4n) is 1.76. The van der Waals surface area contributed by atoms with E-state index in [0.717, 1.165) is 0 Å². The molecule has 0 fully saturated rings. The van der Waals surface area contributed by atoms with Crippen LogP contribution >= 0.6 is 34.8 Å². The van der Waals surface area contributed by atoms with Crippen LogP contribution in [0.1, 0.15) is 11.1 Å². The van der Waals surface area contributed by atoms with Crippen LogP contribution in [-0.4, -0.2) is 18.0 Å². The zero-order valence-corrected chi connectivity index (χ0v) is 14.7. The van der Waals surface area contributed by atoms with Crippen molar-refractivity contribution in [2.45, 2.75) is 6.92 Å². The van der Waals surface area contributed by atoms with Crippen molar-refractivity contribution in [2.75, 3.05) is 5.32 Å². The van der Waals surface area contributed by atoms with Crippen molar-refractivity contribution in [2.24, 2.45) is 5.10 Å². The predicted octanol–water partition coefficient (Wildman–Crippen LogP) is 4.04. The molecule has 0 aliphatic carbocycles. The zero-order chi connectivity index (χ0) is 17.7. The third-order valence-electron chi connectivity index (χ3n) is 3.08. The molecule has 2 amide bonds. The van der Waals surface area contributed by atoms with Crippen LogP contribution in [0.2, 0.25) is 15.1 Å². The van der Waals surface area contributed by atoms with E-state index in [1.54, 1.807) is 43.3 Å². The molecule has 0 aliphatic heterocycles. The SMILES string of the molecule is Cc1c(Cl)cccc1NC(=O)C(=O)N/N=C\c1c(Cl)cccc1Cl. The van der Waals surface area contributed by atoms with Crippen LogP contribution in [0.4, 0.5) is 5.69 Å². The number of nitrogens with zero attached hydrogens (tertiary/aromatic N) is 1. The van der Waals surface area contributed by atoms with E-state index >= 15 is 0 Å². The fourth-order valence-corrected chi connectivity index (χ4v) is 2.43. The Balaban J connectivity index is 2.01. The van der Waals surface area contributed by atoms with Crippen molar-refractivity contribution in [1.82, 2.24) is 5.43 Å². The summed E-state index contributed by atoms with van der Waals surface area (Å²) < 4.78 is 0. The largest absolute Gasteiger partial charge is 0.329 e. The van der Waals surface area contributed by atoms with E-state index < -0.39 is 11.8 Å². The molecule has 0 saturated carbocycles. The maximum absolute atomic E-state index is 11.9. The van der Waals surface area contributed by atoms with Gasteiger partial charge in [0.1, 0.15) is 0 Å². The van der Waals surface area contributed by atoms with E-state index in [-0.39, 0.29) is 0 Å². The maximum Gasteiger partial charge on any atom is 0.329 e. The Labute approximate surface area is 153 Å². The molecule has 0 saturated heterocycles. The molecule has 0 atom stereocenters. The fraction of sp³-hybridized carbons (Fsp3) is 0.0625. The molecule has 2 N–H and O–H groups in total. The minimum Gasteiger partial charge on any atom is -0.317 e. The van der Waals surface area contributed by atoms with E-state index in [9.17, 15) is 9.59 Å². The molecule has 24 heavy (non-hydrogen) atoms. The third kappa shape index (κ3) is 4.47. The number of hydrogen-bond acceptors (Lipinski definition) is 3. The topological polar surface area (TPSA) is 70.6 Å². The highest BCUT2D eigenvalue weighted by Gasteiger charge is 2.14. The van der Waals surface area contributed by atoms with Crippen LogP contribution in [0.5, 0.6) is 0 Å². The second-order valence-electron chi connectivity index (χ2n) is 4.70. The Hall–Kier alpha value is -2.08. The zero-order valence-electron chi connectivity index (χ0n) is 12.4. The third-order valence-corrected chi connectivity index (χ3v) is 4.15. The molecule has 2 rings (SSSR count). The van der Waals surface area contributed by atoms with Gasteiger partial charge in [0.2, 0.25) is 0 Å². The molecular weight excluding hydrogens is 373 g/mol. The number of halogens is 3. The van der Waals surface area contributed by atoms with Gasteiger partial charge >= 0.3 is 11.8 Å². The van der Waals surface area contributed by atoms with E-state index in [1.165, 1.54) is 6.21 Å². The summed E-state index contributed by atoms with van der Waals surface area (Å²) in [5.41, 5.74) is 3.65. The van der Waals surface area contributed by atoms with Crippen LogP contribution in [-0.2, 0) is 9.59 Å². The first-order valence-electron chi connectivity index (χ1n) is 6.73. The van der Waals surface area contributed by atoms with Gasteiger partial charge < -0.3 is 5.32 Å². The Bertz CT molecular complexity index is 802. The Kier molecular flexibility index (Phi) is 6.20. The average Bonchev–Trinajstić information content (AvgIpc) is 2.54. The number of hydrogen-bond donors (Lipinski definition) is 2. The summed E-state index contributed by atoms with van der Waals surface area (Å²) >= 11 is 17.9. The number of carbonyl (C=O) groups is 2. The molecule has 2 aromatic rings. The quantitative estimate of drug-likeness (QED) is 0.476. The van der Waals surface area contributed by atoms with Gasteiger partial charge in [-0.3, -0.25) is 9.59 Å². The van der Waals surface area contributed by atoms with Gasteiger partial charge in [-0.25, -0.2) is 5.43 Å². The van der Waals surface area contributed by atoms with Gasteiger partial charge in [-0.1, -0.05) is 46.9 Å². The summed E-state index contributed by atoms with van der Waals surface area (Å²) in [6, 6.07) is 9.93. The predicted molar refractivity (Wildman–Crippen MR) is 97.0 cm³/mol. The first-order valence-corrected chi connectivity index (χ1v) is 7.87. The molecule has 0 spiro atoms. The molecule has 5 nitrogen and oxygen atoms in total.